The van der Waals surface area contributed by atoms with Crippen molar-refractivity contribution >= 4 is 18.3 Å². The van der Waals surface area contributed by atoms with Gasteiger partial charge in [-0.3, -0.25) is 4.79 Å². The van der Waals surface area contributed by atoms with Gasteiger partial charge in [-0.05, 0) is 56.9 Å². The van der Waals surface area contributed by atoms with Crippen LogP contribution in [0, 0.1) is 25.6 Å². The number of hydrogen-bond donors (Lipinski definition) is 2. The Bertz CT molecular complexity index is 742. The zero-order valence-electron chi connectivity index (χ0n) is 13.8. The summed E-state index contributed by atoms with van der Waals surface area (Å²) in [6.07, 6.45) is 2.18. The quantitative estimate of drug-likeness (QED) is 0.868. The van der Waals surface area contributed by atoms with Crippen LogP contribution in [0.15, 0.2) is 24.3 Å². The standard InChI is InChI=1S/C17H21FN4O.ClH/c1-10-7-11(2)22(21-10)16-6-5-13(8-14(16)18)17(23)20-15(9-19)12-3-4-12;/h5-8,12,15H,3-4,9,19H2,1-2H3,(H,20,23);1H. The normalized spacial score (nSPS) is 14.8. The molecule has 130 valence electrons. The van der Waals surface area contributed by atoms with Gasteiger partial charge in [0.05, 0.1) is 5.69 Å². The number of aryl methyl sites for hydroxylation is 2. The molecular weight excluding hydrogens is 331 g/mol. The van der Waals surface area contributed by atoms with Gasteiger partial charge in [0.1, 0.15) is 11.5 Å². The Balaban J connectivity index is 0.00000208. The molecule has 3 N–H and O–H groups in total. The first-order chi connectivity index (χ1) is 11.0. The Kier molecular flexibility index (Phi) is 5.62. The third-order valence-corrected chi connectivity index (χ3v) is 4.21. The summed E-state index contributed by atoms with van der Waals surface area (Å²) in [5.41, 5.74) is 7.99. The smallest absolute Gasteiger partial charge is 0.251 e. The lowest BCUT2D eigenvalue weighted by Gasteiger charge is -2.16. The van der Waals surface area contributed by atoms with Gasteiger partial charge in [0, 0.05) is 23.8 Å². The minimum atomic E-state index is -0.473. The van der Waals surface area contributed by atoms with Gasteiger partial charge in [0.2, 0.25) is 0 Å². The topological polar surface area (TPSA) is 72.9 Å². The minimum absolute atomic E-state index is 0. The SMILES string of the molecule is Cc1cc(C)n(-c2ccc(C(=O)NC(CN)C3CC3)cc2F)n1.Cl. The Morgan fingerprint density at radius 3 is 2.62 bits per heavy atom. The van der Waals surface area contributed by atoms with Crippen molar-refractivity contribution in [3.63, 3.8) is 0 Å². The summed E-state index contributed by atoms with van der Waals surface area (Å²) in [6, 6.07) is 6.30. The van der Waals surface area contributed by atoms with E-state index in [1.807, 2.05) is 19.9 Å². The van der Waals surface area contributed by atoms with Crippen molar-refractivity contribution in [2.24, 2.45) is 11.7 Å². The fourth-order valence-electron chi connectivity index (χ4n) is 2.81. The Morgan fingerprint density at radius 2 is 2.12 bits per heavy atom. The van der Waals surface area contributed by atoms with Crippen LogP contribution in [0.2, 0.25) is 0 Å². The second-order valence-corrected chi connectivity index (χ2v) is 6.16. The van der Waals surface area contributed by atoms with Gasteiger partial charge in [0.15, 0.2) is 0 Å². The number of benzene rings is 1. The zero-order chi connectivity index (χ0) is 16.6. The molecule has 0 spiro atoms. The summed E-state index contributed by atoms with van der Waals surface area (Å²) < 4.78 is 16.0. The van der Waals surface area contributed by atoms with Crippen molar-refractivity contribution in [3.8, 4) is 5.69 Å². The van der Waals surface area contributed by atoms with Gasteiger partial charge in [-0.25, -0.2) is 9.07 Å². The summed E-state index contributed by atoms with van der Waals surface area (Å²) in [7, 11) is 0. The molecule has 1 saturated carbocycles. The molecule has 5 nitrogen and oxygen atoms in total. The number of carbonyl (C=O) groups excluding carboxylic acids is 1. The molecule has 1 heterocycles. The van der Waals surface area contributed by atoms with Gasteiger partial charge in [-0.2, -0.15) is 5.10 Å². The fourth-order valence-corrected chi connectivity index (χ4v) is 2.81. The van der Waals surface area contributed by atoms with Crippen LogP contribution in [0.5, 0.6) is 0 Å². The molecule has 1 aliphatic carbocycles. The van der Waals surface area contributed by atoms with Crippen molar-refractivity contribution < 1.29 is 9.18 Å². The van der Waals surface area contributed by atoms with Crippen LogP contribution in [0.1, 0.15) is 34.6 Å². The number of rotatable bonds is 5. The van der Waals surface area contributed by atoms with Crippen molar-refractivity contribution in [1.29, 1.82) is 0 Å². The van der Waals surface area contributed by atoms with Crippen LogP contribution in [0.4, 0.5) is 4.39 Å². The Labute approximate surface area is 146 Å². The van der Waals surface area contributed by atoms with E-state index >= 15 is 0 Å². The van der Waals surface area contributed by atoms with Gasteiger partial charge in [0.25, 0.3) is 5.91 Å². The number of nitrogens with two attached hydrogens (primary N) is 1. The largest absolute Gasteiger partial charge is 0.348 e. The van der Waals surface area contributed by atoms with E-state index in [0.29, 0.717) is 23.7 Å². The molecule has 0 radical (unpaired) electrons. The maximum Gasteiger partial charge on any atom is 0.251 e. The van der Waals surface area contributed by atoms with Gasteiger partial charge < -0.3 is 11.1 Å². The molecule has 24 heavy (non-hydrogen) atoms. The number of aromatic nitrogens is 2. The van der Waals surface area contributed by atoms with Crippen LogP contribution >= 0.6 is 12.4 Å². The van der Waals surface area contributed by atoms with Crippen molar-refractivity contribution in [2.45, 2.75) is 32.7 Å². The molecule has 0 bridgehead atoms. The predicted octanol–water partition coefficient (Wildman–Crippen LogP) is 2.52. The molecule has 3 rings (SSSR count). The minimum Gasteiger partial charge on any atom is -0.348 e. The molecule has 1 atom stereocenters. The summed E-state index contributed by atoms with van der Waals surface area (Å²) in [5.74, 6) is -0.298. The molecule has 1 aliphatic rings. The lowest BCUT2D eigenvalue weighted by Crippen LogP contribution is -2.41. The number of amides is 1. The maximum absolute atomic E-state index is 14.4. The van der Waals surface area contributed by atoms with E-state index in [1.165, 1.54) is 6.07 Å². The fraction of sp³-hybridized carbons (Fsp3) is 0.412. The number of hydrogen-bond acceptors (Lipinski definition) is 3. The van der Waals surface area contributed by atoms with Crippen LogP contribution in [-0.2, 0) is 0 Å². The summed E-state index contributed by atoms with van der Waals surface area (Å²) >= 11 is 0. The van der Waals surface area contributed by atoms with E-state index < -0.39 is 5.82 Å². The first kappa shape index (κ1) is 18.4. The van der Waals surface area contributed by atoms with Crippen LogP contribution in [-0.4, -0.2) is 28.3 Å². The number of nitrogens with one attached hydrogen (secondary N) is 1. The van der Waals surface area contributed by atoms with E-state index in [2.05, 4.69) is 10.4 Å². The van der Waals surface area contributed by atoms with Gasteiger partial charge in [-0.1, -0.05) is 0 Å². The highest BCUT2D eigenvalue weighted by molar-refractivity contribution is 5.94. The summed E-state index contributed by atoms with van der Waals surface area (Å²) in [5, 5.41) is 7.16. The van der Waals surface area contributed by atoms with E-state index in [4.69, 9.17) is 5.73 Å². The number of nitrogens with zero attached hydrogens (tertiary/aromatic N) is 2. The molecular formula is C17H22ClFN4O. The predicted molar refractivity (Wildman–Crippen MR) is 93.3 cm³/mol. The summed E-state index contributed by atoms with van der Waals surface area (Å²) in [4.78, 5) is 12.3. The van der Waals surface area contributed by atoms with E-state index in [0.717, 1.165) is 24.2 Å². The maximum atomic E-state index is 14.4. The molecule has 0 aliphatic heterocycles. The molecule has 0 saturated heterocycles. The molecule has 7 heteroatoms. The second-order valence-electron chi connectivity index (χ2n) is 6.16. The number of halogens is 2. The highest BCUT2D eigenvalue weighted by atomic mass is 35.5. The van der Waals surface area contributed by atoms with E-state index in [9.17, 15) is 9.18 Å². The lowest BCUT2D eigenvalue weighted by molar-refractivity contribution is 0.0933. The van der Waals surface area contributed by atoms with Gasteiger partial charge >= 0.3 is 0 Å². The highest BCUT2D eigenvalue weighted by Gasteiger charge is 2.31. The van der Waals surface area contributed by atoms with Crippen molar-refractivity contribution in [3.05, 3.63) is 47.0 Å². The Morgan fingerprint density at radius 1 is 1.42 bits per heavy atom. The third kappa shape index (κ3) is 3.76. The average Bonchev–Trinajstić information content (AvgIpc) is 3.29. The second kappa shape index (κ2) is 7.32. The Hall–Kier alpha value is -1.92. The monoisotopic (exact) mass is 352 g/mol. The van der Waals surface area contributed by atoms with Crippen LogP contribution in [0.25, 0.3) is 5.69 Å². The molecule has 1 aromatic carbocycles. The highest BCUT2D eigenvalue weighted by Crippen LogP contribution is 2.32. The van der Waals surface area contributed by atoms with E-state index in [-0.39, 0.29) is 24.4 Å². The molecule has 2 aromatic rings. The van der Waals surface area contributed by atoms with Crippen LogP contribution in [0.3, 0.4) is 0 Å². The average molecular weight is 353 g/mol. The van der Waals surface area contributed by atoms with Crippen molar-refractivity contribution in [1.82, 2.24) is 15.1 Å². The summed E-state index contributed by atoms with van der Waals surface area (Å²) in [6.45, 7) is 4.12. The molecule has 1 fully saturated rings. The van der Waals surface area contributed by atoms with Gasteiger partial charge in [-0.15, -0.1) is 12.4 Å². The first-order valence-corrected chi connectivity index (χ1v) is 7.83. The lowest BCUT2D eigenvalue weighted by atomic mass is 10.1. The van der Waals surface area contributed by atoms with Crippen molar-refractivity contribution in [2.75, 3.05) is 6.54 Å². The first-order valence-electron chi connectivity index (χ1n) is 7.83. The molecule has 1 aromatic heterocycles. The zero-order valence-corrected chi connectivity index (χ0v) is 14.6. The van der Waals surface area contributed by atoms with Crippen LogP contribution < -0.4 is 11.1 Å². The third-order valence-electron chi connectivity index (χ3n) is 4.21. The molecule has 1 unspecified atom stereocenters. The van der Waals surface area contributed by atoms with E-state index in [1.54, 1.807) is 16.8 Å². The number of carbonyl (C=O) groups is 1. The molecule has 1 amide bonds.